The minimum Gasteiger partial charge on any atom is -0.353 e. The lowest BCUT2D eigenvalue weighted by Gasteiger charge is -2.11. The van der Waals surface area contributed by atoms with Crippen molar-refractivity contribution in [2.24, 2.45) is 0 Å². The summed E-state index contributed by atoms with van der Waals surface area (Å²) in [6.45, 7) is 5.71. The Balaban J connectivity index is 2.30. The molecule has 0 aliphatic heterocycles. The third-order valence-corrected chi connectivity index (χ3v) is 2.07. The number of alkyl halides is 1. The smallest absolute Gasteiger partial charge is 0.155 e. The highest BCUT2D eigenvalue weighted by molar-refractivity contribution is 6.17. The first kappa shape index (κ1) is 12.5. The molecule has 5 heteroatoms. The zero-order valence-electron chi connectivity index (χ0n) is 9.15. The second-order valence-corrected chi connectivity index (χ2v) is 3.50. The molecule has 0 aromatic carbocycles. The van der Waals surface area contributed by atoms with Gasteiger partial charge in [0.05, 0.1) is 18.6 Å². The monoisotopic (exact) mass is 232 g/mol. The van der Waals surface area contributed by atoms with Crippen LogP contribution in [0.3, 0.4) is 0 Å². The molecule has 0 amide bonds. The van der Waals surface area contributed by atoms with Crippen LogP contribution in [0.15, 0.2) is 12.5 Å². The maximum absolute atomic E-state index is 5.61. The van der Waals surface area contributed by atoms with Crippen molar-refractivity contribution in [2.75, 3.05) is 12.5 Å². The first-order chi connectivity index (χ1) is 7.26. The molecule has 0 aliphatic rings. The van der Waals surface area contributed by atoms with Gasteiger partial charge in [0.25, 0.3) is 0 Å². The molecule has 1 aromatic heterocycles. The van der Waals surface area contributed by atoms with Crippen molar-refractivity contribution in [3.63, 3.8) is 0 Å². The number of imidazole rings is 1. The molecule has 86 valence electrons. The molecule has 1 heterocycles. The second-order valence-electron chi connectivity index (χ2n) is 3.13. The highest BCUT2D eigenvalue weighted by Crippen LogP contribution is 2.02. The molecule has 0 saturated carbocycles. The summed E-state index contributed by atoms with van der Waals surface area (Å²) in [6, 6.07) is 0. The molecule has 0 bridgehead atoms. The number of rotatable bonds is 7. The van der Waals surface area contributed by atoms with Gasteiger partial charge in [-0.1, -0.05) is 0 Å². The van der Waals surface area contributed by atoms with Gasteiger partial charge in [0, 0.05) is 25.2 Å². The van der Waals surface area contributed by atoms with Crippen molar-refractivity contribution in [3.05, 3.63) is 18.2 Å². The molecule has 0 saturated heterocycles. The van der Waals surface area contributed by atoms with E-state index in [0.717, 1.165) is 12.2 Å². The van der Waals surface area contributed by atoms with E-state index < -0.39 is 0 Å². The van der Waals surface area contributed by atoms with Gasteiger partial charge in [0.2, 0.25) is 0 Å². The Morgan fingerprint density at radius 1 is 1.53 bits per heavy atom. The van der Waals surface area contributed by atoms with Gasteiger partial charge in [0.15, 0.2) is 6.29 Å². The predicted molar refractivity (Wildman–Crippen MR) is 58.8 cm³/mol. The van der Waals surface area contributed by atoms with E-state index in [9.17, 15) is 0 Å². The molecule has 4 nitrogen and oxygen atoms in total. The molecule has 1 atom stereocenters. The average Bonchev–Trinajstić information content (AvgIpc) is 2.64. The first-order valence-electron chi connectivity index (χ1n) is 5.06. The fraction of sp³-hybridized carbons (Fsp3) is 0.700. The summed E-state index contributed by atoms with van der Waals surface area (Å²) in [5.74, 6) is 0.589. The van der Waals surface area contributed by atoms with E-state index >= 15 is 0 Å². The second kappa shape index (κ2) is 6.82. The maximum atomic E-state index is 5.61. The summed E-state index contributed by atoms with van der Waals surface area (Å²) >= 11 is 5.61. The highest BCUT2D eigenvalue weighted by atomic mass is 35.5. The van der Waals surface area contributed by atoms with Gasteiger partial charge in [-0.25, -0.2) is 4.98 Å². The van der Waals surface area contributed by atoms with Crippen LogP contribution in [0.2, 0.25) is 0 Å². The summed E-state index contributed by atoms with van der Waals surface area (Å²) < 4.78 is 12.6. The first-order valence-corrected chi connectivity index (χ1v) is 5.59. The number of hydrogen-bond acceptors (Lipinski definition) is 3. The Kier molecular flexibility index (Phi) is 5.68. The summed E-state index contributed by atoms with van der Waals surface area (Å²) in [5, 5.41) is 0. The van der Waals surface area contributed by atoms with E-state index in [4.69, 9.17) is 21.1 Å². The van der Waals surface area contributed by atoms with Gasteiger partial charge in [-0.2, -0.15) is 0 Å². The van der Waals surface area contributed by atoms with Crippen molar-refractivity contribution in [1.29, 1.82) is 0 Å². The van der Waals surface area contributed by atoms with Crippen molar-refractivity contribution in [2.45, 2.75) is 33.3 Å². The lowest BCUT2D eigenvalue weighted by molar-refractivity contribution is -0.135. The maximum Gasteiger partial charge on any atom is 0.155 e. The Morgan fingerprint density at radius 2 is 2.33 bits per heavy atom. The molecule has 0 radical (unpaired) electrons. The molecule has 0 N–H and O–H groups in total. The zero-order chi connectivity index (χ0) is 11.1. The predicted octanol–water partition coefficient (Wildman–Crippen LogP) is 2.02. The van der Waals surface area contributed by atoms with Gasteiger partial charge < -0.3 is 14.0 Å². The third-order valence-electron chi connectivity index (χ3n) is 1.90. The molecule has 0 aliphatic carbocycles. The molecule has 1 aromatic rings. The van der Waals surface area contributed by atoms with Gasteiger partial charge in [-0.15, -0.1) is 11.6 Å². The van der Waals surface area contributed by atoms with E-state index in [2.05, 4.69) is 4.98 Å². The van der Waals surface area contributed by atoms with Crippen molar-refractivity contribution >= 4 is 11.6 Å². The summed E-state index contributed by atoms with van der Waals surface area (Å²) in [5.41, 5.74) is 0.895. The van der Waals surface area contributed by atoms with E-state index in [1.807, 2.05) is 24.6 Å². The van der Waals surface area contributed by atoms with Crippen LogP contribution in [0.5, 0.6) is 0 Å². The molecular formula is C10H17ClN2O2. The summed E-state index contributed by atoms with van der Waals surface area (Å²) in [4.78, 5) is 4.19. The van der Waals surface area contributed by atoms with E-state index in [1.165, 1.54) is 0 Å². The van der Waals surface area contributed by atoms with Crippen LogP contribution in [-0.2, 0) is 22.6 Å². The third kappa shape index (κ3) is 4.64. The van der Waals surface area contributed by atoms with Gasteiger partial charge >= 0.3 is 0 Å². The Morgan fingerprint density at radius 3 is 3.00 bits per heavy atom. The number of halogens is 1. The number of ether oxygens (including phenoxy) is 2. The van der Waals surface area contributed by atoms with Crippen molar-refractivity contribution in [1.82, 2.24) is 9.55 Å². The molecular weight excluding hydrogens is 216 g/mol. The Labute approximate surface area is 95.2 Å². The fourth-order valence-corrected chi connectivity index (χ4v) is 1.38. The lowest BCUT2D eigenvalue weighted by Crippen LogP contribution is -2.12. The quantitative estimate of drug-likeness (QED) is 0.533. The number of aryl methyl sites for hydroxylation is 1. The number of nitrogens with zero attached hydrogens (tertiary/aromatic N) is 2. The van der Waals surface area contributed by atoms with Crippen LogP contribution in [0, 0.1) is 0 Å². The normalized spacial score (nSPS) is 13.0. The molecule has 0 fully saturated rings. The Bertz CT molecular complexity index is 278. The van der Waals surface area contributed by atoms with Gasteiger partial charge in [-0.3, -0.25) is 0 Å². The van der Waals surface area contributed by atoms with Gasteiger partial charge in [0.1, 0.15) is 0 Å². The molecule has 1 unspecified atom stereocenters. The van der Waals surface area contributed by atoms with Crippen LogP contribution < -0.4 is 0 Å². The van der Waals surface area contributed by atoms with Crippen molar-refractivity contribution < 1.29 is 9.47 Å². The zero-order valence-corrected chi connectivity index (χ0v) is 9.91. The minimum atomic E-state index is -0.187. The fourth-order valence-electron chi connectivity index (χ4n) is 1.19. The minimum absolute atomic E-state index is 0.187. The lowest BCUT2D eigenvalue weighted by atomic mass is 10.5. The molecule has 15 heavy (non-hydrogen) atoms. The SMILES string of the molecule is CCOC(C)OCc1cn(CCCl)cn1. The summed E-state index contributed by atoms with van der Waals surface area (Å²) in [7, 11) is 0. The van der Waals surface area contributed by atoms with Crippen LogP contribution >= 0.6 is 11.6 Å². The molecule has 1 rings (SSSR count). The van der Waals surface area contributed by atoms with Crippen LogP contribution in [-0.4, -0.2) is 28.3 Å². The van der Waals surface area contributed by atoms with Gasteiger partial charge in [-0.05, 0) is 13.8 Å². The van der Waals surface area contributed by atoms with Crippen LogP contribution in [0.25, 0.3) is 0 Å². The van der Waals surface area contributed by atoms with Crippen molar-refractivity contribution in [3.8, 4) is 0 Å². The largest absolute Gasteiger partial charge is 0.353 e. The van der Waals surface area contributed by atoms with E-state index in [1.54, 1.807) is 6.33 Å². The molecule has 0 spiro atoms. The van der Waals surface area contributed by atoms with Crippen LogP contribution in [0.1, 0.15) is 19.5 Å². The topological polar surface area (TPSA) is 36.3 Å². The number of aromatic nitrogens is 2. The van der Waals surface area contributed by atoms with E-state index in [-0.39, 0.29) is 6.29 Å². The van der Waals surface area contributed by atoms with E-state index in [0.29, 0.717) is 19.1 Å². The standard InChI is InChI=1S/C10H17ClN2O2/c1-3-14-9(2)15-7-10-6-13(5-4-11)8-12-10/h6,8-9H,3-5,7H2,1-2H3. The van der Waals surface area contributed by atoms with Crippen LogP contribution in [0.4, 0.5) is 0 Å². The average molecular weight is 233 g/mol. The number of hydrogen-bond donors (Lipinski definition) is 0. The Hall–Kier alpha value is -0.580. The highest BCUT2D eigenvalue weighted by Gasteiger charge is 2.03. The summed E-state index contributed by atoms with van der Waals surface area (Å²) in [6.07, 6.45) is 3.50.